The minimum atomic E-state index is 0.106. The van der Waals surface area contributed by atoms with Gasteiger partial charge in [0.05, 0.1) is 13.7 Å². The fraction of sp³-hybridized carbons (Fsp3) is 0.500. The van der Waals surface area contributed by atoms with E-state index in [1.165, 1.54) is 0 Å². The zero-order valence-electron chi connectivity index (χ0n) is 13.4. The van der Waals surface area contributed by atoms with Crippen LogP contribution >= 0.6 is 0 Å². The molecule has 1 amide bonds. The largest absolute Gasteiger partial charge is 0.497 e. The standard InChI is InChI=1S/C18H22N2O3/c1-22-15-5-2-13-8-17(19-16(13)9-15)18(21)20(14-3-4-14)10-12-6-7-23-11-12/h2,5,8-9,12,14,19H,3-4,6-7,10-11H2,1H3. The van der Waals surface area contributed by atoms with Crippen LogP contribution in [0.3, 0.4) is 0 Å². The summed E-state index contributed by atoms with van der Waals surface area (Å²) in [4.78, 5) is 18.3. The maximum absolute atomic E-state index is 13.0. The highest BCUT2D eigenvalue weighted by Crippen LogP contribution is 2.31. The summed E-state index contributed by atoms with van der Waals surface area (Å²) < 4.78 is 10.7. The van der Waals surface area contributed by atoms with Crippen molar-refractivity contribution < 1.29 is 14.3 Å². The average molecular weight is 314 g/mol. The number of methoxy groups -OCH3 is 1. The molecule has 2 aromatic rings. The van der Waals surface area contributed by atoms with Crippen LogP contribution < -0.4 is 4.74 Å². The number of aromatic amines is 1. The average Bonchev–Trinajstić information content (AvgIpc) is 3.11. The summed E-state index contributed by atoms with van der Waals surface area (Å²) in [5.74, 6) is 1.37. The van der Waals surface area contributed by atoms with E-state index >= 15 is 0 Å². The van der Waals surface area contributed by atoms with E-state index in [1.807, 2.05) is 29.2 Å². The Morgan fingerprint density at radius 1 is 1.35 bits per heavy atom. The van der Waals surface area contributed by atoms with Crippen LogP contribution in [0.5, 0.6) is 5.75 Å². The predicted molar refractivity (Wildman–Crippen MR) is 87.8 cm³/mol. The lowest BCUT2D eigenvalue weighted by molar-refractivity contribution is 0.0701. The third-order valence-electron chi connectivity index (χ3n) is 4.79. The van der Waals surface area contributed by atoms with E-state index in [1.54, 1.807) is 7.11 Å². The van der Waals surface area contributed by atoms with Gasteiger partial charge in [-0.15, -0.1) is 0 Å². The maximum Gasteiger partial charge on any atom is 0.270 e. The Morgan fingerprint density at radius 2 is 2.22 bits per heavy atom. The fourth-order valence-corrected chi connectivity index (χ4v) is 3.29. The lowest BCUT2D eigenvalue weighted by Gasteiger charge is -2.24. The fourth-order valence-electron chi connectivity index (χ4n) is 3.29. The van der Waals surface area contributed by atoms with Gasteiger partial charge in [0, 0.05) is 42.1 Å². The first-order chi connectivity index (χ1) is 11.2. The van der Waals surface area contributed by atoms with Crippen molar-refractivity contribution in [2.24, 2.45) is 5.92 Å². The van der Waals surface area contributed by atoms with Gasteiger partial charge < -0.3 is 19.4 Å². The summed E-state index contributed by atoms with van der Waals surface area (Å²) in [5, 5.41) is 1.04. The van der Waals surface area contributed by atoms with Crippen LogP contribution in [0.2, 0.25) is 0 Å². The molecule has 1 atom stereocenters. The lowest BCUT2D eigenvalue weighted by atomic mass is 10.1. The van der Waals surface area contributed by atoms with E-state index in [4.69, 9.17) is 9.47 Å². The number of nitrogens with one attached hydrogen (secondary N) is 1. The molecular weight excluding hydrogens is 292 g/mol. The summed E-state index contributed by atoms with van der Waals surface area (Å²) in [6.07, 6.45) is 3.29. The number of fused-ring (bicyclic) bond motifs is 1. The molecule has 1 N–H and O–H groups in total. The number of nitrogens with zero attached hydrogens (tertiary/aromatic N) is 1. The second-order valence-electron chi connectivity index (χ2n) is 6.55. The molecule has 122 valence electrons. The molecule has 0 spiro atoms. The SMILES string of the molecule is COc1ccc2cc(C(=O)N(CC3CCOC3)C3CC3)[nH]c2c1. The number of amides is 1. The summed E-state index contributed by atoms with van der Waals surface area (Å²) in [6.45, 7) is 2.41. The minimum absolute atomic E-state index is 0.106. The second-order valence-corrected chi connectivity index (χ2v) is 6.55. The molecule has 0 radical (unpaired) electrons. The van der Waals surface area contributed by atoms with Gasteiger partial charge in [-0.25, -0.2) is 0 Å². The predicted octanol–water partition coefficient (Wildman–Crippen LogP) is 2.82. The number of hydrogen-bond donors (Lipinski definition) is 1. The summed E-state index contributed by atoms with van der Waals surface area (Å²) in [6, 6.07) is 8.17. The molecule has 2 fully saturated rings. The molecule has 2 heterocycles. The highest BCUT2D eigenvalue weighted by atomic mass is 16.5. The van der Waals surface area contributed by atoms with Crippen LogP contribution in [0.15, 0.2) is 24.3 Å². The molecule has 1 unspecified atom stereocenters. The molecule has 23 heavy (non-hydrogen) atoms. The highest BCUT2D eigenvalue weighted by molar-refractivity contribution is 5.98. The van der Waals surface area contributed by atoms with E-state index < -0.39 is 0 Å². The van der Waals surface area contributed by atoms with E-state index in [9.17, 15) is 4.79 Å². The number of rotatable bonds is 5. The number of hydrogen-bond acceptors (Lipinski definition) is 3. The number of carbonyl (C=O) groups excluding carboxylic acids is 1. The van der Waals surface area contributed by atoms with E-state index in [0.29, 0.717) is 17.7 Å². The molecule has 1 aromatic heterocycles. The first kappa shape index (κ1) is 14.6. The number of carbonyl (C=O) groups is 1. The molecule has 5 heteroatoms. The molecule has 1 aliphatic heterocycles. The third kappa shape index (κ3) is 2.93. The Hall–Kier alpha value is -2.01. The molecule has 1 saturated carbocycles. The smallest absolute Gasteiger partial charge is 0.270 e. The van der Waals surface area contributed by atoms with E-state index in [2.05, 4.69) is 4.98 Å². The van der Waals surface area contributed by atoms with Crippen LogP contribution in [0.4, 0.5) is 0 Å². The molecule has 1 aromatic carbocycles. The van der Waals surface area contributed by atoms with Crippen molar-refractivity contribution in [3.8, 4) is 5.75 Å². The molecule has 0 bridgehead atoms. The second kappa shape index (κ2) is 5.89. The Kier molecular flexibility index (Phi) is 3.73. The first-order valence-electron chi connectivity index (χ1n) is 8.30. The van der Waals surface area contributed by atoms with Crippen molar-refractivity contribution in [3.63, 3.8) is 0 Å². The first-order valence-corrected chi connectivity index (χ1v) is 8.30. The van der Waals surface area contributed by atoms with E-state index in [0.717, 1.165) is 55.7 Å². The number of aromatic nitrogens is 1. The number of benzene rings is 1. The Labute approximate surface area is 135 Å². The van der Waals surface area contributed by atoms with Gasteiger partial charge in [0.25, 0.3) is 5.91 Å². The van der Waals surface area contributed by atoms with Crippen molar-refractivity contribution in [1.29, 1.82) is 0 Å². The van der Waals surface area contributed by atoms with E-state index in [-0.39, 0.29) is 5.91 Å². The maximum atomic E-state index is 13.0. The van der Waals surface area contributed by atoms with Gasteiger partial charge in [-0.3, -0.25) is 4.79 Å². The number of ether oxygens (including phenoxy) is 2. The van der Waals surface area contributed by atoms with Crippen LogP contribution in [0.1, 0.15) is 29.8 Å². The van der Waals surface area contributed by atoms with Crippen molar-refractivity contribution in [1.82, 2.24) is 9.88 Å². The van der Waals surface area contributed by atoms with Gasteiger partial charge in [0.15, 0.2) is 0 Å². The quantitative estimate of drug-likeness (QED) is 0.923. The van der Waals surface area contributed by atoms with Crippen LogP contribution in [-0.2, 0) is 4.74 Å². The normalized spacial score (nSPS) is 20.8. The Balaban J connectivity index is 1.58. The van der Waals surface area contributed by atoms with Gasteiger partial charge in [0.2, 0.25) is 0 Å². The zero-order chi connectivity index (χ0) is 15.8. The van der Waals surface area contributed by atoms with Crippen LogP contribution in [0.25, 0.3) is 10.9 Å². The third-order valence-corrected chi connectivity index (χ3v) is 4.79. The van der Waals surface area contributed by atoms with Crippen LogP contribution in [-0.4, -0.2) is 48.7 Å². The van der Waals surface area contributed by atoms with Gasteiger partial charge in [-0.05, 0) is 37.5 Å². The van der Waals surface area contributed by atoms with Gasteiger partial charge in [-0.1, -0.05) is 0 Å². The molecule has 1 aliphatic carbocycles. The molecular formula is C18H22N2O3. The molecule has 4 rings (SSSR count). The monoisotopic (exact) mass is 314 g/mol. The van der Waals surface area contributed by atoms with Crippen molar-refractivity contribution in [2.75, 3.05) is 26.9 Å². The highest BCUT2D eigenvalue weighted by Gasteiger charge is 2.35. The Morgan fingerprint density at radius 3 is 2.91 bits per heavy atom. The minimum Gasteiger partial charge on any atom is -0.497 e. The molecule has 2 aliphatic rings. The van der Waals surface area contributed by atoms with Gasteiger partial charge >= 0.3 is 0 Å². The summed E-state index contributed by atoms with van der Waals surface area (Å²) in [5.41, 5.74) is 1.60. The summed E-state index contributed by atoms with van der Waals surface area (Å²) in [7, 11) is 1.65. The summed E-state index contributed by atoms with van der Waals surface area (Å²) >= 11 is 0. The van der Waals surface area contributed by atoms with Gasteiger partial charge in [-0.2, -0.15) is 0 Å². The van der Waals surface area contributed by atoms with Crippen molar-refractivity contribution in [3.05, 3.63) is 30.0 Å². The lowest BCUT2D eigenvalue weighted by Crippen LogP contribution is -2.37. The Bertz CT molecular complexity index is 714. The number of H-pyrrole nitrogens is 1. The molecule has 1 saturated heterocycles. The topological polar surface area (TPSA) is 54.6 Å². The van der Waals surface area contributed by atoms with Gasteiger partial charge in [0.1, 0.15) is 11.4 Å². The van der Waals surface area contributed by atoms with Crippen molar-refractivity contribution >= 4 is 16.8 Å². The van der Waals surface area contributed by atoms with Crippen LogP contribution in [0, 0.1) is 5.92 Å². The zero-order valence-corrected chi connectivity index (χ0v) is 13.4. The van der Waals surface area contributed by atoms with Crippen molar-refractivity contribution in [2.45, 2.75) is 25.3 Å². The molecule has 5 nitrogen and oxygen atoms in total.